The fourth-order valence-electron chi connectivity index (χ4n) is 2.73. The number of esters is 2. The topological polar surface area (TPSA) is 156 Å². The van der Waals surface area contributed by atoms with E-state index in [0.717, 1.165) is 0 Å². The van der Waals surface area contributed by atoms with Crippen molar-refractivity contribution in [3.8, 4) is 11.5 Å². The van der Waals surface area contributed by atoms with Crippen LogP contribution in [0.1, 0.15) is 38.7 Å². The molecule has 3 aromatic rings. The van der Waals surface area contributed by atoms with Crippen LogP contribution in [-0.4, -0.2) is 51.3 Å². The van der Waals surface area contributed by atoms with Gasteiger partial charge >= 0.3 is 11.9 Å². The molecule has 0 bridgehead atoms. The molecule has 0 aliphatic rings. The van der Waals surface area contributed by atoms with Gasteiger partial charge in [0.1, 0.15) is 28.5 Å². The molecule has 0 saturated heterocycles. The number of thiol groups is 1. The van der Waals surface area contributed by atoms with Crippen LogP contribution in [0.4, 0.5) is 23.3 Å². The minimum absolute atomic E-state index is 0.0148. The summed E-state index contributed by atoms with van der Waals surface area (Å²) in [5.41, 5.74) is 0.854. The zero-order valence-electron chi connectivity index (χ0n) is 17.9. The van der Waals surface area contributed by atoms with Crippen LogP contribution >= 0.6 is 12.6 Å². The molecule has 1 atom stereocenters. The van der Waals surface area contributed by atoms with Crippen LogP contribution in [0.2, 0.25) is 0 Å². The Morgan fingerprint density at radius 1 is 0.848 bits per heavy atom. The number of anilines is 4. The van der Waals surface area contributed by atoms with Crippen molar-refractivity contribution in [2.75, 3.05) is 24.9 Å². The molecule has 0 spiro atoms. The quantitative estimate of drug-likeness (QED) is 0.254. The van der Waals surface area contributed by atoms with Crippen molar-refractivity contribution in [2.24, 2.45) is 0 Å². The van der Waals surface area contributed by atoms with Gasteiger partial charge in [0.05, 0.1) is 19.5 Å². The highest BCUT2D eigenvalue weighted by Gasteiger charge is 2.16. The average molecular weight is 471 g/mol. The number of rotatable bonds is 7. The largest absolute Gasteiger partial charge is 0.507 e. The van der Waals surface area contributed by atoms with Gasteiger partial charge in [-0.1, -0.05) is 0 Å². The fourth-order valence-corrected chi connectivity index (χ4v) is 2.85. The first-order valence-corrected chi connectivity index (χ1v) is 10.0. The third kappa shape index (κ3) is 5.60. The van der Waals surface area contributed by atoms with Crippen molar-refractivity contribution in [1.29, 1.82) is 0 Å². The van der Waals surface area contributed by atoms with Gasteiger partial charge in [0.15, 0.2) is 0 Å². The molecule has 0 saturated carbocycles. The maximum Gasteiger partial charge on any atom is 0.341 e. The van der Waals surface area contributed by atoms with Gasteiger partial charge in [-0.25, -0.2) is 9.59 Å². The van der Waals surface area contributed by atoms with Crippen LogP contribution in [0, 0.1) is 0 Å². The van der Waals surface area contributed by atoms with E-state index in [1.54, 1.807) is 19.1 Å². The summed E-state index contributed by atoms with van der Waals surface area (Å²) in [7, 11) is 2.44. The summed E-state index contributed by atoms with van der Waals surface area (Å²) in [5.74, 6) is -1.25. The number of nitrogens with zero attached hydrogens (tertiary/aromatic N) is 3. The lowest BCUT2D eigenvalue weighted by molar-refractivity contribution is 0.0588. The molecule has 1 heterocycles. The lowest BCUT2D eigenvalue weighted by Gasteiger charge is -2.13. The molecule has 12 heteroatoms. The van der Waals surface area contributed by atoms with Gasteiger partial charge in [-0.05, 0) is 31.2 Å². The summed E-state index contributed by atoms with van der Waals surface area (Å²) in [5, 5.41) is 25.7. The number of nitrogens with one attached hydrogen (secondary N) is 2. The smallest absolute Gasteiger partial charge is 0.341 e. The molecule has 0 aliphatic heterocycles. The predicted octanol–water partition coefficient (Wildman–Crippen LogP) is 3.33. The number of carbonyl (C=O) groups excluding carboxylic acids is 2. The van der Waals surface area contributed by atoms with Crippen LogP contribution in [0.5, 0.6) is 11.5 Å². The van der Waals surface area contributed by atoms with Crippen LogP contribution < -0.4 is 10.6 Å². The van der Waals surface area contributed by atoms with Crippen molar-refractivity contribution >= 4 is 47.8 Å². The van der Waals surface area contributed by atoms with Gasteiger partial charge in [0, 0.05) is 23.5 Å². The number of hydrogen-bond donors (Lipinski definition) is 5. The second kappa shape index (κ2) is 10.0. The second-order valence-electron chi connectivity index (χ2n) is 6.71. The summed E-state index contributed by atoms with van der Waals surface area (Å²) >= 11 is 4.37. The Balaban J connectivity index is 1.89. The normalized spacial score (nSPS) is 11.4. The molecule has 3 rings (SSSR count). The van der Waals surface area contributed by atoms with E-state index in [9.17, 15) is 19.8 Å². The van der Waals surface area contributed by atoms with E-state index in [-0.39, 0.29) is 39.8 Å². The maximum atomic E-state index is 11.6. The van der Waals surface area contributed by atoms with Crippen LogP contribution in [0.15, 0.2) is 36.4 Å². The predicted molar refractivity (Wildman–Crippen MR) is 123 cm³/mol. The number of methoxy groups -OCH3 is 2. The van der Waals surface area contributed by atoms with E-state index < -0.39 is 11.9 Å². The molecule has 0 amide bonds. The number of carbonyl (C=O) groups is 2. The van der Waals surface area contributed by atoms with Crippen molar-refractivity contribution in [1.82, 2.24) is 15.0 Å². The van der Waals surface area contributed by atoms with Crippen molar-refractivity contribution in [3.05, 3.63) is 53.3 Å². The van der Waals surface area contributed by atoms with Gasteiger partial charge in [0.25, 0.3) is 0 Å². The monoisotopic (exact) mass is 471 g/mol. The summed E-state index contributed by atoms with van der Waals surface area (Å²) in [6, 6.07) is 8.56. The van der Waals surface area contributed by atoms with E-state index in [4.69, 9.17) is 0 Å². The van der Waals surface area contributed by atoms with E-state index in [2.05, 4.69) is 47.7 Å². The lowest BCUT2D eigenvalue weighted by Crippen LogP contribution is -2.08. The minimum Gasteiger partial charge on any atom is -0.507 e. The van der Waals surface area contributed by atoms with Crippen molar-refractivity contribution in [2.45, 2.75) is 12.2 Å². The molecular weight excluding hydrogens is 450 g/mol. The lowest BCUT2D eigenvalue weighted by atomic mass is 10.2. The molecule has 11 nitrogen and oxygen atoms in total. The zero-order valence-corrected chi connectivity index (χ0v) is 18.8. The highest BCUT2D eigenvalue weighted by molar-refractivity contribution is 7.80. The molecule has 0 aliphatic carbocycles. The molecule has 33 heavy (non-hydrogen) atoms. The first-order valence-electron chi connectivity index (χ1n) is 9.52. The van der Waals surface area contributed by atoms with Crippen molar-refractivity contribution in [3.63, 3.8) is 0 Å². The first-order chi connectivity index (χ1) is 15.7. The molecule has 4 N–H and O–H groups in total. The molecule has 0 fully saturated rings. The number of hydrogen-bond acceptors (Lipinski definition) is 12. The van der Waals surface area contributed by atoms with Gasteiger partial charge in [-0.15, -0.1) is 0 Å². The first kappa shape index (κ1) is 23.6. The molecular formula is C21H21N5O6S. The van der Waals surface area contributed by atoms with E-state index >= 15 is 0 Å². The SMILES string of the molecule is COC(=O)c1ccc(Nc2nc(Nc3ccc(C(=O)OC)c(O)c3)nc(C(C)S)n2)cc1O. The van der Waals surface area contributed by atoms with Gasteiger partial charge in [-0.3, -0.25) is 0 Å². The standard InChI is InChI=1S/C21H21N5O6S/c1-10(33)17-24-20(22-11-4-6-13(15(27)8-11)18(29)31-2)26-21(25-17)23-12-5-7-14(16(28)9-12)19(30)32-3/h4-10,27-28,33H,1-3H3,(H2,22,23,24,25,26). The summed E-state index contributed by atoms with van der Waals surface area (Å²) in [4.78, 5) is 36.2. The van der Waals surface area contributed by atoms with Gasteiger partial charge in [0.2, 0.25) is 11.9 Å². The summed E-state index contributed by atoms with van der Waals surface area (Å²) in [6.07, 6.45) is 0. The van der Waals surface area contributed by atoms with Crippen LogP contribution in [-0.2, 0) is 9.47 Å². The molecule has 1 unspecified atom stereocenters. The van der Waals surface area contributed by atoms with E-state index in [1.807, 2.05) is 0 Å². The van der Waals surface area contributed by atoms with Gasteiger partial charge < -0.3 is 30.3 Å². The fraction of sp³-hybridized carbons (Fsp3) is 0.190. The molecule has 172 valence electrons. The summed E-state index contributed by atoms with van der Waals surface area (Å²) in [6.45, 7) is 1.78. The summed E-state index contributed by atoms with van der Waals surface area (Å²) < 4.78 is 9.22. The number of phenolic OH excluding ortho intramolecular Hbond substituents is 2. The maximum absolute atomic E-state index is 11.6. The number of phenols is 2. The molecule has 2 aromatic carbocycles. The third-order valence-corrected chi connectivity index (χ3v) is 4.58. The van der Waals surface area contributed by atoms with E-state index in [1.165, 1.54) is 38.5 Å². The highest BCUT2D eigenvalue weighted by Crippen LogP contribution is 2.27. The zero-order chi connectivity index (χ0) is 24.1. The van der Waals surface area contributed by atoms with Gasteiger partial charge in [-0.2, -0.15) is 27.6 Å². The highest BCUT2D eigenvalue weighted by atomic mass is 32.1. The molecule has 1 aromatic heterocycles. The number of ether oxygens (including phenoxy) is 2. The molecule has 0 radical (unpaired) electrons. The number of aromatic hydroxyl groups is 2. The average Bonchev–Trinajstić information content (AvgIpc) is 2.78. The number of aromatic nitrogens is 3. The van der Waals surface area contributed by atoms with Crippen molar-refractivity contribution < 1.29 is 29.3 Å². The minimum atomic E-state index is -0.668. The van der Waals surface area contributed by atoms with E-state index in [0.29, 0.717) is 17.2 Å². The Bertz CT molecular complexity index is 1120. The Hall–Kier alpha value is -4.06. The Morgan fingerprint density at radius 3 is 1.61 bits per heavy atom. The second-order valence-corrected chi connectivity index (χ2v) is 7.49. The Kier molecular flexibility index (Phi) is 7.18. The third-order valence-electron chi connectivity index (χ3n) is 4.34. The van der Waals surface area contributed by atoms with Crippen LogP contribution in [0.3, 0.4) is 0 Å². The van der Waals surface area contributed by atoms with Crippen LogP contribution in [0.25, 0.3) is 0 Å². The Morgan fingerprint density at radius 2 is 1.27 bits per heavy atom. The Labute approximate surface area is 194 Å². The number of benzene rings is 2.